The topological polar surface area (TPSA) is 78.4 Å². The summed E-state index contributed by atoms with van der Waals surface area (Å²) in [6, 6.07) is 18.0. The Morgan fingerprint density at radius 2 is 1.66 bits per heavy atom. The molecule has 0 fully saturated rings. The number of carbonyl (C=O) groups excluding carboxylic acids is 1. The number of benzene rings is 3. The van der Waals surface area contributed by atoms with Gasteiger partial charge in [0.15, 0.2) is 23.0 Å². The van der Waals surface area contributed by atoms with E-state index in [4.69, 9.17) is 30.5 Å². The summed E-state index contributed by atoms with van der Waals surface area (Å²) >= 11 is 6.40. The Hall–Kier alpha value is -3.71. The highest BCUT2D eigenvalue weighted by atomic mass is 35.5. The van der Waals surface area contributed by atoms with E-state index in [0.29, 0.717) is 45.8 Å². The summed E-state index contributed by atoms with van der Waals surface area (Å²) in [5.74, 6) is 1.48. The van der Waals surface area contributed by atoms with E-state index < -0.39 is 5.91 Å². The molecule has 0 aromatic heterocycles. The number of amides is 1. The Labute approximate surface area is 191 Å². The number of ether oxygens (including phenoxy) is 4. The number of nitrogens with zero attached hydrogens (tertiary/aromatic N) is 1. The molecule has 32 heavy (non-hydrogen) atoms. The van der Waals surface area contributed by atoms with Gasteiger partial charge in [0.1, 0.15) is 6.61 Å². The second-order valence-corrected chi connectivity index (χ2v) is 6.98. The summed E-state index contributed by atoms with van der Waals surface area (Å²) in [4.78, 5) is 12.4. The lowest BCUT2D eigenvalue weighted by atomic mass is 10.2. The van der Waals surface area contributed by atoms with Crippen molar-refractivity contribution < 1.29 is 23.7 Å². The molecule has 3 aromatic rings. The molecular formula is C24H23ClN2O5. The lowest BCUT2D eigenvalue weighted by Gasteiger charge is -2.13. The molecule has 3 rings (SSSR count). The molecule has 8 heteroatoms. The van der Waals surface area contributed by atoms with Crippen LogP contribution in [-0.4, -0.2) is 33.5 Å². The van der Waals surface area contributed by atoms with Gasteiger partial charge in [0.05, 0.1) is 32.6 Å². The Morgan fingerprint density at radius 3 is 2.34 bits per heavy atom. The van der Waals surface area contributed by atoms with Gasteiger partial charge in [0.25, 0.3) is 5.91 Å². The van der Waals surface area contributed by atoms with E-state index in [9.17, 15) is 4.79 Å². The number of rotatable bonds is 9. The van der Waals surface area contributed by atoms with Crippen LogP contribution in [0.5, 0.6) is 23.0 Å². The van der Waals surface area contributed by atoms with Crippen molar-refractivity contribution in [3.8, 4) is 23.0 Å². The smallest absolute Gasteiger partial charge is 0.271 e. The predicted molar refractivity (Wildman–Crippen MR) is 123 cm³/mol. The van der Waals surface area contributed by atoms with E-state index in [-0.39, 0.29) is 0 Å². The molecule has 0 saturated heterocycles. The normalized spacial score (nSPS) is 10.6. The number of hydrazone groups is 1. The van der Waals surface area contributed by atoms with Crippen LogP contribution in [0.2, 0.25) is 5.02 Å². The second kappa shape index (κ2) is 11.1. The summed E-state index contributed by atoms with van der Waals surface area (Å²) in [6.07, 6.45) is 1.47. The van der Waals surface area contributed by atoms with Crippen LogP contribution in [-0.2, 0) is 6.61 Å². The molecular weight excluding hydrogens is 432 g/mol. The van der Waals surface area contributed by atoms with Crippen LogP contribution >= 0.6 is 11.6 Å². The largest absolute Gasteiger partial charge is 0.493 e. The number of methoxy groups -OCH3 is 3. The first-order valence-corrected chi connectivity index (χ1v) is 10.0. The maximum Gasteiger partial charge on any atom is 0.271 e. The highest BCUT2D eigenvalue weighted by Gasteiger charge is 2.13. The van der Waals surface area contributed by atoms with Crippen LogP contribution < -0.4 is 24.4 Å². The summed E-state index contributed by atoms with van der Waals surface area (Å²) in [5.41, 5.74) is 4.49. The molecule has 0 saturated carbocycles. The van der Waals surface area contributed by atoms with E-state index >= 15 is 0 Å². The Bertz CT molecular complexity index is 1100. The third-order valence-corrected chi connectivity index (χ3v) is 4.78. The van der Waals surface area contributed by atoms with Crippen molar-refractivity contribution in [3.63, 3.8) is 0 Å². The highest BCUT2D eigenvalue weighted by Crippen LogP contribution is 2.36. The molecule has 0 heterocycles. The third kappa shape index (κ3) is 5.70. The minimum atomic E-state index is -0.400. The summed E-state index contributed by atoms with van der Waals surface area (Å²) in [6.45, 7) is 0.353. The van der Waals surface area contributed by atoms with Gasteiger partial charge in [-0.1, -0.05) is 41.9 Å². The van der Waals surface area contributed by atoms with Gasteiger partial charge in [-0.15, -0.1) is 0 Å². The average Bonchev–Trinajstić information content (AvgIpc) is 2.83. The molecule has 0 aliphatic rings. The minimum absolute atomic E-state index is 0.353. The van der Waals surface area contributed by atoms with Crippen molar-refractivity contribution in [2.75, 3.05) is 21.3 Å². The molecule has 0 spiro atoms. The third-order valence-electron chi connectivity index (χ3n) is 4.50. The van der Waals surface area contributed by atoms with Crippen LogP contribution in [0.1, 0.15) is 21.5 Å². The summed E-state index contributed by atoms with van der Waals surface area (Å²) in [7, 11) is 4.56. The summed E-state index contributed by atoms with van der Waals surface area (Å²) < 4.78 is 21.7. The first-order valence-electron chi connectivity index (χ1n) is 9.65. The number of hydrogen-bond acceptors (Lipinski definition) is 6. The molecule has 0 radical (unpaired) electrons. The molecule has 3 aromatic carbocycles. The Kier molecular flexibility index (Phi) is 7.94. The van der Waals surface area contributed by atoms with Gasteiger partial charge in [-0.25, -0.2) is 5.43 Å². The van der Waals surface area contributed by atoms with E-state index in [1.807, 2.05) is 30.3 Å². The zero-order valence-electron chi connectivity index (χ0n) is 17.9. The van der Waals surface area contributed by atoms with E-state index in [0.717, 1.165) is 5.56 Å². The van der Waals surface area contributed by atoms with Gasteiger partial charge < -0.3 is 18.9 Å². The maximum atomic E-state index is 12.4. The van der Waals surface area contributed by atoms with Gasteiger partial charge in [0.2, 0.25) is 0 Å². The van der Waals surface area contributed by atoms with Crippen LogP contribution in [0.15, 0.2) is 65.8 Å². The van der Waals surface area contributed by atoms with Crippen LogP contribution in [0.4, 0.5) is 0 Å². The van der Waals surface area contributed by atoms with Gasteiger partial charge in [0, 0.05) is 5.56 Å². The molecule has 1 amide bonds. The molecule has 166 valence electrons. The van der Waals surface area contributed by atoms with Crippen molar-refractivity contribution >= 4 is 23.7 Å². The van der Waals surface area contributed by atoms with Crippen molar-refractivity contribution in [3.05, 3.63) is 82.4 Å². The van der Waals surface area contributed by atoms with Crippen molar-refractivity contribution in [2.45, 2.75) is 6.61 Å². The van der Waals surface area contributed by atoms with Crippen molar-refractivity contribution in [2.24, 2.45) is 5.10 Å². The zero-order chi connectivity index (χ0) is 22.9. The molecule has 0 aliphatic heterocycles. The number of halogens is 1. The number of nitrogens with one attached hydrogen (secondary N) is 1. The summed E-state index contributed by atoms with van der Waals surface area (Å²) in [5, 5.41) is 4.37. The van der Waals surface area contributed by atoms with Crippen molar-refractivity contribution in [1.29, 1.82) is 0 Å². The SMILES string of the molecule is COc1ccc(C(=O)N/N=C/c2cc(Cl)c(OCc3ccccc3)c(OC)c2)cc1OC. The lowest BCUT2D eigenvalue weighted by molar-refractivity contribution is 0.0954. The molecule has 0 atom stereocenters. The average molecular weight is 455 g/mol. The quantitative estimate of drug-likeness (QED) is 0.374. The Morgan fingerprint density at radius 1 is 0.938 bits per heavy atom. The van der Waals surface area contributed by atoms with Crippen LogP contribution in [0.25, 0.3) is 0 Å². The van der Waals surface area contributed by atoms with E-state index in [1.165, 1.54) is 27.5 Å². The van der Waals surface area contributed by atoms with E-state index in [1.54, 1.807) is 30.3 Å². The molecule has 1 N–H and O–H groups in total. The predicted octanol–water partition coefficient (Wildman–Crippen LogP) is 4.71. The second-order valence-electron chi connectivity index (χ2n) is 6.58. The fourth-order valence-electron chi connectivity index (χ4n) is 2.89. The maximum absolute atomic E-state index is 12.4. The highest BCUT2D eigenvalue weighted by molar-refractivity contribution is 6.32. The number of carbonyl (C=O) groups is 1. The first kappa shape index (κ1) is 23.0. The van der Waals surface area contributed by atoms with Gasteiger partial charge in [-0.3, -0.25) is 4.79 Å². The van der Waals surface area contributed by atoms with Crippen LogP contribution in [0.3, 0.4) is 0 Å². The van der Waals surface area contributed by atoms with Gasteiger partial charge in [-0.05, 0) is 41.5 Å². The lowest BCUT2D eigenvalue weighted by Crippen LogP contribution is -2.17. The standard InChI is InChI=1S/C24H23ClN2O5/c1-29-20-10-9-18(13-21(20)30-2)24(28)27-26-14-17-11-19(25)23(22(12-17)31-3)32-15-16-7-5-4-6-8-16/h4-14H,15H2,1-3H3,(H,27,28)/b26-14+. The minimum Gasteiger partial charge on any atom is -0.493 e. The fraction of sp³-hybridized carbons (Fsp3) is 0.167. The first-order chi connectivity index (χ1) is 15.5. The molecule has 7 nitrogen and oxygen atoms in total. The van der Waals surface area contributed by atoms with Crippen LogP contribution in [0, 0.1) is 0 Å². The van der Waals surface area contributed by atoms with E-state index in [2.05, 4.69) is 10.5 Å². The Balaban J connectivity index is 1.69. The zero-order valence-corrected chi connectivity index (χ0v) is 18.7. The monoisotopic (exact) mass is 454 g/mol. The van der Waals surface area contributed by atoms with Crippen molar-refractivity contribution in [1.82, 2.24) is 5.43 Å². The molecule has 0 aliphatic carbocycles. The fourth-order valence-corrected chi connectivity index (χ4v) is 3.17. The number of hydrogen-bond donors (Lipinski definition) is 1. The molecule has 0 bridgehead atoms. The molecule has 0 unspecified atom stereocenters. The van der Waals surface area contributed by atoms with Gasteiger partial charge >= 0.3 is 0 Å². The van der Waals surface area contributed by atoms with Gasteiger partial charge in [-0.2, -0.15) is 5.10 Å².